The van der Waals surface area contributed by atoms with Crippen LogP contribution in [0.25, 0.3) is 11.4 Å². The summed E-state index contributed by atoms with van der Waals surface area (Å²) < 4.78 is 5.12. The molecule has 2 N–H and O–H groups in total. The van der Waals surface area contributed by atoms with Crippen molar-refractivity contribution in [2.45, 2.75) is 13.5 Å². The van der Waals surface area contributed by atoms with Gasteiger partial charge in [0, 0.05) is 36.1 Å². The molecule has 0 spiro atoms. The molecule has 0 unspecified atom stereocenters. The van der Waals surface area contributed by atoms with Crippen LogP contribution in [0, 0.1) is 0 Å². The third kappa shape index (κ3) is 4.25. The lowest BCUT2D eigenvalue weighted by Crippen LogP contribution is -2.22. The SMILES string of the molecule is CC(=O)Nc1ccc(C(=O)NCc2nc(-c3ccncc3)no2)cc1. The summed E-state index contributed by atoms with van der Waals surface area (Å²) >= 11 is 0. The maximum Gasteiger partial charge on any atom is 0.251 e. The van der Waals surface area contributed by atoms with E-state index in [-0.39, 0.29) is 18.4 Å². The standard InChI is InChI=1S/C17H15N5O3/c1-11(23)20-14-4-2-13(3-5-14)17(24)19-10-15-21-16(22-25-15)12-6-8-18-9-7-12/h2-9H,10H2,1H3,(H,19,24)(H,20,23). The third-order valence-corrected chi connectivity index (χ3v) is 3.27. The van der Waals surface area contributed by atoms with Gasteiger partial charge in [-0.25, -0.2) is 0 Å². The molecular weight excluding hydrogens is 322 g/mol. The predicted molar refractivity (Wildman–Crippen MR) is 89.4 cm³/mol. The summed E-state index contributed by atoms with van der Waals surface area (Å²) in [5.41, 5.74) is 1.87. The average molecular weight is 337 g/mol. The van der Waals surface area contributed by atoms with Gasteiger partial charge in [-0.05, 0) is 36.4 Å². The van der Waals surface area contributed by atoms with Crippen molar-refractivity contribution in [3.8, 4) is 11.4 Å². The summed E-state index contributed by atoms with van der Waals surface area (Å²) in [7, 11) is 0. The quantitative estimate of drug-likeness (QED) is 0.737. The van der Waals surface area contributed by atoms with Crippen LogP contribution in [0.5, 0.6) is 0 Å². The van der Waals surface area contributed by atoms with Gasteiger partial charge in [-0.1, -0.05) is 5.16 Å². The Balaban J connectivity index is 1.59. The van der Waals surface area contributed by atoms with Crippen molar-refractivity contribution in [1.29, 1.82) is 0 Å². The molecule has 25 heavy (non-hydrogen) atoms. The minimum Gasteiger partial charge on any atom is -0.343 e. The Morgan fingerprint density at radius 3 is 2.48 bits per heavy atom. The molecule has 2 aromatic heterocycles. The Kier molecular flexibility index (Phi) is 4.79. The van der Waals surface area contributed by atoms with Crippen LogP contribution in [0.2, 0.25) is 0 Å². The molecule has 0 aliphatic heterocycles. The van der Waals surface area contributed by atoms with E-state index in [1.165, 1.54) is 6.92 Å². The predicted octanol–water partition coefficient (Wildman–Crippen LogP) is 2.02. The minimum atomic E-state index is -0.280. The fourth-order valence-corrected chi connectivity index (χ4v) is 2.11. The van der Waals surface area contributed by atoms with E-state index in [0.717, 1.165) is 5.56 Å². The van der Waals surface area contributed by atoms with Crippen LogP contribution in [-0.4, -0.2) is 26.9 Å². The molecule has 126 valence electrons. The van der Waals surface area contributed by atoms with Gasteiger partial charge in [0.2, 0.25) is 17.6 Å². The Morgan fingerprint density at radius 2 is 1.80 bits per heavy atom. The molecule has 0 aliphatic carbocycles. The van der Waals surface area contributed by atoms with E-state index < -0.39 is 0 Å². The molecule has 1 aromatic carbocycles. The molecule has 0 fully saturated rings. The number of carbonyl (C=O) groups excluding carboxylic acids is 2. The van der Waals surface area contributed by atoms with Gasteiger partial charge in [0.15, 0.2) is 0 Å². The second-order valence-electron chi connectivity index (χ2n) is 5.19. The summed E-state index contributed by atoms with van der Waals surface area (Å²) in [5, 5.41) is 9.22. The summed E-state index contributed by atoms with van der Waals surface area (Å²) in [6.45, 7) is 1.54. The first-order valence-electron chi connectivity index (χ1n) is 7.50. The van der Waals surface area contributed by atoms with Crippen LogP contribution in [0.15, 0.2) is 53.3 Å². The van der Waals surface area contributed by atoms with Crippen molar-refractivity contribution in [3.63, 3.8) is 0 Å². The van der Waals surface area contributed by atoms with E-state index in [9.17, 15) is 9.59 Å². The Hall–Kier alpha value is -3.55. The molecule has 0 radical (unpaired) electrons. The third-order valence-electron chi connectivity index (χ3n) is 3.27. The number of nitrogens with one attached hydrogen (secondary N) is 2. The van der Waals surface area contributed by atoms with Gasteiger partial charge in [-0.15, -0.1) is 0 Å². The molecule has 2 amide bonds. The number of rotatable bonds is 5. The second-order valence-corrected chi connectivity index (χ2v) is 5.19. The zero-order valence-corrected chi connectivity index (χ0v) is 13.4. The fourth-order valence-electron chi connectivity index (χ4n) is 2.11. The molecule has 0 atom stereocenters. The monoisotopic (exact) mass is 337 g/mol. The number of benzene rings is 1. The van der Waals surface area contributed by atoms with E-state index >= 15 is 0 Å². The number of hydrogen-bond acceptors (Lipinski definition) is 6. The molecule has 0 aliphatic rings. The summed E-state index contributed by atoms with van der Waals surface area (Å²) in [4.78, 5) is 31.3. The molecular formula is C17H15N5O3. The molecule has 0 bridgehead atoms. The van der Waals surface area contributed by atoms with Gasteiger partial charge >= 0.3 is 0 Å². The van der Waals surface area contributed by atoms with E-state index in [1.807, 2.05) is 0 Å². The lowest BCUT2D eigenvalue weighted by Gasteiger charge is -2.05. The summed E-state index contributed by atoms with van der Waals surface area (Å²) in [6.07, 6.45) is 3.27. The maximum absolute atomic E-state index is 12.1. The number of carbonyl (C=O) groups is 2. The molecule has 0 saturated carbocycles. The highest BCUT2D eigenvalue weighted by Gasteiger charge is 2.11. The largest absolute Gasteiger partial charge is 0.343 e. The first kappa shape index (κ1) is 16.3. The van der Waals surface area contributed by atoms with Crippen molar-refractivity contribution >= 4 is 17.5 Å². The van der Waals surface area contributed by atoms with Crippen molar-refractivity contribution in [2.75, 3.05) is 5.32 Å². The second kappa shape index (κ2) is 7.35. The summed E-state index contributed by atoms with van der Waals surface area (Å²) in [6, 6.07) is 10.1. The number of aromatic nitrogens is 3. The number of anilines is 1. The highest BCUT2D eigenvalue weighted by Crippen LogP contribution is 2.14. The van der Waals surface area contributed by atoms with Gasteiger partial charge in [0.1, 0.15) is 0 Å². The molecule has 3 rings (SSSR count). The van der Waals surface area contributed by atoms with E-state index in [1.54, 1.807) is 48.8 Å². The van der Waals surface area contributed by atoms with Gasteiger partial charge in [0.25, 0.3) is 5.91 Å². The fraction of sp³-hybridized carbons (Fsp3) is 0.118. The highest BCUT2D eigenvalue weighted by atomic mass is 16.5. The number of amides is 2. The van der Waals surface area contributed by atoms with Gasteiger partial charge in [-0.2, -0.15) is 4.98 Å². The van der Waals surface area contributed by atoms with Crippen LogP contribution in [0.4, 0.5) is 5.69 Å². The normalized spacial score (nSPS) is 10.3. The van der Waals surface area contributed by atoms with Crippen LogP contribution in [-0.2, 0) is 11.3 Å². The Labute approximate surface area is 143 Å². The van der Waals surface area contributed by atoms with Crippen molar-refractivity contribution in [2.24, 2.45) is 0 Å². The Morgan fingerprint density at radius 1 is 1.08 bits per heavy atom. The summed E-state index contributed by atoms with van der Waals surface area (Å²) in [5.74, 6) is 0.290. The van der Waals surface area contributed by atoms with Gasteiger partial charge in [0.05, 0.1) is 6.54 Å². The van der Waals surface area contributed by atoms with Gasteiger partial charge in [-0.3, -0.25) is 14.6 Å². The lowest BCUT2D eigenvalue weighted by atomic mass is 10.2. The first-order chi connectivity index (χ1) is 12.1. The maximum atomic E-state index is 12.1. The highest BCUT2D eigenvalue weighted by molar-refractivity contribution is 5.95. The Bertz CT molecular complexity index is 875. The van der Waals surface area contributed by atoms with Crippen LogP contribution >= 0.6 is 0 Å². The van der Waals surface area contributed by atoms with Crippen molar-refractivity contribution < 1.29 is 14.1 Å². The molecule has 8 heteroatoms. The molecule has 3 aromatic rings. The number of pyridine rings is 1. The molecule has 8 nitrogen and oxygen atoms in total. The van der Waals surface area contributed by atoms with E-state index in [2.05, 4.69) is 25.8 Å². The smallest absolute Gasteiger partial charge is 0.251 e. The van der Waals surface area contributed by atoms with Crippen LogP contribution in [0.3, 0.4) is 0 Å². The topological polar surface area (TPSA) is 110 Å². The number of nitrogens with zero attached hydrogens (tertiary/aromatic N) is 3. The van der Waals surface area contributed by atoms with Crippen molar-refractivity contribution in [3.05, 3.63) is 60.2 Å². The zero-order valence-electron chi connectivity index (χ0n) is 13.4. The molecule has 2 heterocycles. The van der Waals surface area contributed by atoms with Crippen LogP contribution < -0.4 is 10.6 Å². The van der Waals surface area contributed by atoms with E-state index in [4.69, 9.17) is 4.52 Å². The minimum absolute atomic E-state index is 0.115. The average Bonchev–Trinajstić information content (AvgIpc) is 3.10. The van der Waals surface area contributed by atoms with Crippen molar-refractivity contribution in [1.82, 2.24) is 20.4 Å². The number of hydrogen-bond donors (Lipinski definition) is 2. The lowest BCUT2D eigenvalue weighted by molar-refractivity contribution is -0.114. The van der Waals surface area contributed by atoms with Crippen LogP contribution in [0.1, 0.15) is 23.2 Å². The zero-order chi connectivity index (χ0) is 17.6. The van der Waals surface area contributed by atoms with E-state index in [0.29, 0.717) is 23.0 Å². The molecule has 0 saturated heterocycles. The first-order valence-corrected chi connectivity index (χ1v) is 7.50. The van der Waals surface area contributed by atoms with Gasteiger partial charge < -0.3 is 15.2 Å².